The van der Waals surface area contributed by atoms with Gasteiger partial charge in [-0.25, -0.2) is 4.79 Å². The van der Waals surface area contributed by atoms with Gasteiger partial charge in [0.15, 0.2) is 17.1 Å². The molecular formula is C29H36N4O4S2. The zero-order valence-electron chi connectivity index (χ0n) is 23.2. The number of aryl methyl sites for hydroxylation is 3. The second-order valence-corrected chi connectivity index (χ2v) is 12.0. The van der Waals surface area contributed by atoms with Crippen molar-refractivity contribution in [2.45, 2.75) is 84.2 Å². The lowest BCUT2D eigenvalue weighted by molar-refractivity contribution is -0.113. The molecule has 8 nitrogen and oxygen atoms in total. The van der Waals surface area contributed by atoms with E-state index in [9.17, 15) is 9.59 Å². The molecule has 0 bridgehead atoms. The fraction of sp³-hybridized carbons (Fsp3) is 0.448. The summed E-state index contributed by atoms with van der Waals surface area (Å²) >= 11 is 2.77. The number of anilines is 1. The molecule has 0 fully saturated rings. The molecule has 0 saturated heterocycles. The summed E-state index contributed by atoms with van der Waals surface area (Å²) in [5, 5.41) is 12.8. The highest BCUT2D eigenvalue weighted by Gasteiger charge is 2.28. The SMILES string of the molecule is C=CCn1c(SCC(=O)Nc2sc3c(c2C(=O)OC(C)C)CCCC3)nnc1C(C)Oc1ccc(C)c(C)c1. The van der Waals surface area contributed by atoms with Crippen molar-refractivity contribution in [2.75, 3.05) is 11.1 Å². The van der Waals surface area contributed by atoms with E-state index in [1.165, 1.54) is 28.7 Å². The molecule has 3 aromatic rings. The molecule has 4 rings (SSSR count). The number of carbonyl (C=O) groups is 2. The Labute approximate surface area is 238 Å². The minimum atomic E-state index is -0.375. The van der Waals surface area contributed by atoms with Gasteiger partial charge in [-0.05, 0) is 89.1 Å². The van der Waals surface area contributed by atoms with Gasteiger partial charge in [-0.15, -0.1) is 28.1 Å². The summed E-state index contributed by atoms with van der Waals surface area (Å²) in [7, 11) is 0. The number of esters is 1. The van der Waals surface area contributed by atoms with Crippen LogP contribution in [-0.2, 0) is 28.9 Å². The van der Waals surface area contributed by atoms with E-state index in [-0.39, 0.29) is 29.8 Å². The average Bonchev–Trinajstić information content (AvgIpc) is 3.45. The van der Waals surface area contributed by atoms with E-state index in [4.69, 9.17) is 9.47 Å². The number of carbonyl (C=O) groups excluding carboxylic acids is 2. The van der Waals surface area contributed by atoms with Gasteiger partial charge >= 0.3 is 5.97 Å². The van der Waals surface area contributed by atoms with Crippen molar-refractivity contribution in [1.82, 2.24) is 14.8 Å². The zero-order chi connectivity index (χ0) is 28.1. The Balaban J connectivity index is 1.46. The Morgan fingerprint density at radius 2 is 1.95 bits per heavy atom. The first-order valence-electron chi connectivity index (χ1n) is 13.2. The number of thiophene rings is 1. The van der Waals surface area contributed by atoms with Gasteiger partial charge in [0.2, 0.25) is 5.91 Å². The Morgan fingerprint density at radius 1 is 1.18 bits per heavy atom. The summed E-state index contributed by atoms with van der Waals surface area (Å²) < 4.78 is 13.6. The second kappa shape index (κ2) is 12.8. The van der Waals surface area contributed by atoms with E-state index < -0.39 is 0 Å². The van der Waals surface area contributed by atoms with E-state index in [2.05, 4.69) is 35.9 Å². The van der Waals surface area contributed by atoms with Gasteiger partial charge in [0.1, 0.15) is 10.8 Å². The molecule has 2 heterocycles. The van der Waals surface area contributed by atoms with Crippen LogP contribution in [0.15, 0.2) is 36.0 Å². The quantitative estimate of drug-likeness (QED) is 0.161. The van der Waals surface area contributed by atoms with Crippen molar-refractivity contribution in [3.05, 3.63) is 63.8 Å². The van der Waals surface area contributed by atoms with Crippen molar-refractivity contribution in [2.24, 2.45) is 0 Å². The Morgan fingerprint density at radius 3 is 2.67 bits per heavy atom. The monoisotopic (exact) mass is 568 g/mol. The predicted molar refractivity (Wildman–Crippen MR) is 156 cm³/mol. The molecule has 208 valence electrons. The Kier molecular flexibility index (Phi) is 9.50. The molecule has 10 heteroatoms. The lowest BCUT2D eigenvalue weighted by atomic mass is 9.95. The maximum atomic E-state index is 13.0. The summed E-state index contributed by atoms with van der Waals surface area (Å²) in [5.74, 6) is 0.938. The lowest BCUT2D eigenvalue weighted by Crippen LogP contribution is -2.19. The van der Waals surface area contributed by atoms with E-state index in [0.29, 0.717) is 28.1 Å². The highest BCUT2D eigenvalue weighted by Crippen LogP contribution is 2.39. The van der Waals surface area contributed by atoms with Crippen LogP contribution in [-0.4, -0.2) is 38.5 Å². The standard InChI is InChI=1S/C29H36N4O4S2/c1-7-14-33-26(20(6)37-21-13-12-18(4)19(5)15-21)31-32-29(33)38-16-24(34)30-27-25(28(35)36-17(2)3)22-10-8-9-11-23(22)39-27/h7,12-13,15,17,20H,1,8-11,14,16H2,2-6H3,(H,30,34). The molecule has 0 spiro atoms. The molecule has 0 saturated carbocycles. The number of ether oxygens (including phenoxy) is 2. The van der Waals surface area contributed by atoms with Crippen molar-refractivity contribution >= 4 is 40.0 Å². The van der Waals surface area contributed by atoms with Gasteiger partial charge in [-0.3, -0.25) is 9.36 Å². The van der Waals surface area contributed by atoms with Gasteiger partial charge in [0.25, 0.3) is 0 Å². The second-order valence-electron chi connectivity index (χ2n) is 9.95. The van der Waals surface area contributed by atoms with Gasteiger partial charge < -0.3 is 14.8 Å². The van der Waals surface area contributed by atoms with Crippen LogP contribution in [0.3, 0.4) is 0 Å². The highest BCUT2D eigenvalue weighted by molar-refractivity contribution is 7.99. The number of allylic oxidation sites excluding steroid dienone is 1. The number of hydrogen-bond donors (Lipinski definition) is 1. The van der Waals surface area contributed by atoms with Crippen molar-refractivity contribution in [3.63, 3.8) is 0 Å². The first-order valence-corrected chi connectivity index (χ1v) is 15.0. The maximum absolute atomic E-state index is 13.0. The van der Waals surface area contributed by atoms with Crippen LogP contribution in [0.5, 0.6) is 5.75 Å². The third-order valence-corrected chi connectivity index (χ3v) is 8.69. The lowest BCUT2D eigenvalue weighted by Gasteiger charge is -2.16. The Bertz CT molecular complexity index is 1360. The third-order valence-electron chi connectivity index (χ3n) is 6.52. The number of nitrogens with zero attached hydrogens (tertiary/aromatic N) is 3. The molecule has 1 aliphatic rings. The summed E-state index contributed by atoms with van der Waals surface area (Å²) in [4.78, 5) is 27.1. The largest absolute Gasteiger partial charge is 0.483 e. The van der Waals surface area contributed by atoms with Crippen LogP contribution >= 0.6 is 23.1 Å². The minimum absolute atomic E-state index is 0.114. The summed E-state index contributed by atoms with van der Waals surface area (Å²) in [6.07, 6.45) is 5.04. The normalized spacial score (nSPS) is 13.6. The topological polar surface area (TPSA) is 95.3 Å². The predicted octanol–water partition coefficient (Wildman–Crippen LogP) is 6.46. The summed E-state index contributed by atoms with van der Waals surface area (Å²) in [6, 6.07) is 5.98. The molecule has 1 amide bonds. The number of benzene rings is 1. The number of thioether (sulfide) groups is 1. The number of rotatable bonds is 11. The van der Waals surface area contributed by atoms with Gasteiger partial charge in [-0.1, -0.05) is 23.9 Å². The van der Waals surface area contributed by atoms with Gasteiger partial charge in [0.05, 0.1) is 17.4 Å². The van der Waals surface area contributed by atoms with Crippen LogP contribution in [0, 0.1) is 13.8 Å². The van der Waals surface area contributed by atoms with E-state index >= 15 is 0 Å². The average molecular weight is 569 g/mol. The molecule has 0 radical (unpaired) electrons. The van der Waals surface area contributed by atoms with E-state index in [1.54, 1.807) is 6.08 Å². The fourth-order valence-corrected chi connectivity index (χ4v) is 6.54. The van der Waals surface area contributed by atoms with Crippen LogP contribution in [0.25, 0.3) is 0 Å². The summed E-state index contributed by atoms with van der Waals surface area (Å²) in [5.41, 5.74) is 3.89. The van der Waals surface area contributed by atoms with Crippen molar-refractivity contribution in [1.29, 1.82) is 0 Å². The molecule has 1 unspecified atom stereocenters. The maximum Gasteiger partial charge on any atom is 0.341 e. The molecular weight excluding hydrogens is 532 g/mol. The molecule has 1 aromatic carbocycles. The molecule has 2 aromatic heterocycles. The molecule has 1 aliphatic carbocycles. The number of fused-ring (bicyclic) bond motifs is 1. The summed E-state index contributed by atoms with van der Waals surface area (Å²) in [6.45, 7) is 14.0. The van der Waals surface area contributed by atoms with Crippen LogP contribution in [0.4, 0.5) is 5.00 Å². The van der Waals surface area contributed by atoms with Gasteiger partial charge in [0, 0.05) is 11.4 Å². The highest BCUT2D eigenvalue weighted by atomic mass is 32.2. The number of aromatic nitrogens is 3. The van der Waals surface area contributed by atoms with E-state index in [0.717, 1.165) is 47.4 Å². The van der Waals surface area contributed by atoms with E-state index in [1.807, 2.05) is 43.5 Å². The van der Waals surface area contributed by atoms with Crippen LogP contribution in [0.1, 0.15) is 77.5 Å². The first kappa shape index (κ1) is 28.9. The number of amides is 1. The van der Waals surface area contributed by atoms with Crippen molar-refractivity contribution in [3.8, 4) is 5.75 Å². The molecule has 1 atom stereocenters. The van der Waals surface area contributed by atoms with Crippen molar-refractivity contribution < 1.29 is 19.1 Å². The third kappa shape index (κ3) is 6.91. The first-order chi connectivity index (χ1) is 18.7. The fourth-order valence-electron chi connectivity index (χ4n) is 4.49. The number of hydrogen-bond acceptors (Lipinski definition) is 8. The zero-order valence-corrected chi connectivity index (χ0v) is 24.8. The molecule has 39 heavy (non-hydrogen) atoms. The number of nitrogens with one attached hydrogen (secondary N) is 1. The minimum Gasteiger partial charge on any atom is -0.483 e. The van der Waals surface area contributed by atoms with Crippen LogP contribution in [0.2, 0.25) is 0 Å². The molecule has 0 aliphatic heterocycles. The smallest absolute Gasteiger partial charge is 0.341 e. The van der Waals surface area contributed by atoms with Crippen LogP contribution < -0.4 is 10.1 Å². The Hall–Kier alpha value is -3.11. The molecule has 1 N–H and O–H groups in total. The van der Waals surface area contributed by atoms with Gasteiger partial charge in [-0.2, -0.15) is 0 Å².